The van der Waals surface area contributed by atoms with Gasteiger partial charge in [-0.15, -0.1) is 0 Å². The number of aliphatic hydroxyl groups excluding tert-OH is 1. The van der Waals surface area contributed by atoms with E-state index >= 15 is 0 Å². The van der Waals surface area contributed by atoms with E-state index in [0.717, 1.165) is 18.8 Å². The predicted octanol–water partition coefficient (Wildman–Crippen LogP) is 6.64. The minimum Gasteiger partial charge on any atom is -0.396 e. The van der Waals surface area contributed by atoms with Crippen molar-refractivity contribution < 1.29 is 5.11 Å². The molecule has 0 aromatic carbocycles. The van der Waals surface area contributed by atoms with Gasteiger partial charge >= 0.3 is 0 Å². The van der Waals surface area contributed by atoms with Crippen LogP contribution >= 0.6 is 0 Å². The number of hydrogen-bond acceptors (Lipinski definition) is 2. The van der Waals surface area contributed by atoms with Crippen LogP contribution in [0.25, 0.3) is 0 Å². The third kappa shape index (κ3) is 3.04. The van der Waals surface area contributed by atoms with Gasteiger partial charge in [-0.3, -0.25) is 5.32 Å². The van der Waals surface area contributed by atoms with E-state index < -0.39 is 0 Å². The summed E-state index contributed by atoms with van der Waals surface area (Å²) < 4.78 is 0. The number of allylic oxidation sites excluding steroid dienone is 4. The van der Waals surface area contributed by atoms with E-state index in [-0.39, 0.29) is 16.5 Å². The van der Waals surface area contributed by atoms with Crippen molar-refractivity contribution in [1.82, 2.24) is 5.32 Å². The molecule has 0 aromatic heterocycles. The summed E-state index contributed by atoms with van der Waals surface area (Å²) in [6, 6.07) is 0. The van der Waals surface area contributed by atoms with Gasteiger partial charge in [-0.1, -0.05) is 48.5 Å². The van der Waals surface area contributed by atoms with E-state index in [2.05, 4.69) is 57.8 Å². The van der Waals surface area contributed by atoms with E-state index in [1.165, 1.54) is 62.5 Å². The molecule has 3 aliphatic carbocycles. The standard InChI is InChI=1S/C29H43NO/c1-20(2)22-7-11-26(4)19-24(17-21(3)25(26)18-22)29-13-9-23-8-12-28(14-15-29,10-6-16-31)27(23,5)30-29/h14-15,17,22-23,30-31H,1,6-13,16,18-19H2,2-5H3/t22-,23+,26+,27-,28+,29+/m1/s1. The van der Waals surface area contributed by atoms with Crippen LogP contribution in [0.4, 0.5) is 0 Å². The lowest BCUT2D eigenvalue weighted by molar-refractivity contribution is 0.0448. The lowest BCUT2D eigenvalue weighted by Crippen LogP contribution is -2.70. The first-order chi connectivity index (χ1) is 14.7. The Balaban J connectivity index is 1.52. The van der Waals surface area contributed by atoms with Gasteiger partial charge < -0.3 is 5.11 Å². The fourth-order valence-corrected chi connectivity index (χ4v) is 8.47. The molecule has 2 heterocycles. The van der Waals surface area contributed by atoms with Crippen LogP contribution in [-0.4, -0.2) is 22.8 Å². The third-order valence-electron chi connectivity index (χ3n) is 10.6. The van der Waals surface area contributed by atoms with Gasteiger partial charge in [-0.25, -0.2) is 0 Å². The molecule has 3 fully saturated rings. The Bertz CT molecular complexity index is 879. The van der Waals surface area contributed by atoms with Gasteiger partial charge in [0.1, 0.15) is 0 Å². The van der Waals surface area contributed by atoms with Crippen molar-refractivity contribution in [2.24, 2.45) is 22.7 Å². The van der Waals surface area contributed by atoms with Crippen molar-refractivity contribution >= 4 is 0 Å². The van der Waals surface area contributed by atoms with Crippen LogP contribution in [0.1, 0.15) is 91.9 Å². The second-order valence-electron chi connectivity index (χ2n) is 12.2. The zero-order chi connectivity index (χ0) is 22.1. The largest absolute Gasteiger partial charge is 0.396 e. The van der Waals surface area contributed by atoms with Gasteiger partial charge in [-0.05, 0) is 108 Å². The van der Waals surface area contributed by atoms with Crippen molar-refractivity contribution in [1.29, 1.82) is 0 Å². The van der Waals surface area contributed by atoms with Crippen LogP contribution in [0.3, 0.4) is 0 Å². The molecule has 5 aliphatic rings. The zero-order valence-corrected chi connectivity index (χ0v) is 20.3. The Morgan fingerprint density at radius 1 is 1.16 bits per heavy atom. The number of rotatable bonds is 5. The monoisotopic (exact) mass is 421 g/mol. The second-order valence-corrected chi connectivity index (χ2v) is 12.2. The highest BCUT2D eigenvalue weighted by atomic mass is 16.2. The minimum atomic E-state index is 0.0271. The Hall–Kier alpha value is -1.12. The van der Waals surface area contributed by atoms with Crippen molar-refractivity contribution in [3.8, 4) is 0 Å². The maximum Gasteiger partial charge on any atom is 0.0588 e. The van der Waals surface area contributed by atoms with Crippen LogP contribution in [0.2, 0.25) is 0 Å². The molecule has 0 amide bonds. The van der Waals surface area contributed by atoms with Crippen molar-refractivity contribution in [3.63, 3.8) is 0 Å². The third-order valence-corrected chi connectivity index (χ3v) is 10.6. The number of aliphatic hydroxyl groups is 1. The lowest BCUT2D eigenvalue weighted by Gasteiger charge is -2.60. The van der Waals surface area contributed by atoms with Gasteiger partial charge in [0.05, 0.1) is 5.54 Å². The smallest absolute Gasteiger partial charge is 0.0588 e. The van der Waals surface area contributed by atoms with E-state index in [4.69, 9.17) is 0 Å². The molecule has 0 radical (unpaired) electrons. The van der Waals surface area contributed by atoms with E-state index in [9.17, 15) is 5.11 Å². The van der Waals surface area contributed by atoms with Gasteiger partial charge in [-0.2, -0.15) is 0 Å². The Morgan fingerprint density at radius 3 is 2.68 bits per heavy atom. The first kappa shape index (κ1) is 21.7. The summed E-state index contributed by atoms with van der Waals surface area (Å²) in [6.07, 6.45) is 19.9. The highest BCUT2D eigenvalue weighted by molar-refractivity contribution is 5.48. The van der Waals surface area contributed by atoms with Crippen LogP contribution < -0.4 is 5.32 Å². The molecule has 2 heteroatoms. The molecule has 1 saturated heterocycles. The first-order valence-corrected chi connectivity index (χ1v) is 12.8. The maximum absolute atomic E-state index is 9.54. The van der Waals surface area contributed by atoms with E-state index in [0.29, 0.717) is 17.9 Å². The van der Waals surface area contributed by atoms with Gasteiger partial charge in [0.25, 0.3) is 0 Å². The van der Waals surface area contributed by atoms with Crippen molar-refractivity contribution in [3.05, 3.63) is 47.1 Å². The second kappa shape index (κ2) is 7.19. The molecular formula is C29H43NO. The summed E-state index contributed by atoms with van der Waals surface area (Å²) in [5, 5.41) is 13.9. The number of hydrogen-bond donors (Lipinski definition) is 2. The van der Waals surface area contributed by atoms with Gasteiger partial charge in [0.2, 0.25) is 0 Å². The molecule has 0 aromatic rings. The molecule has 170 valence electrons. The summed E-state index contributed by atoms with van der Waals surface area (Å²) in [4.78, 5) is 0. The fraction of sp³-hybridized carbons (Fsp3) is 0.724. The minimum absolute atomic E-state index is 0.0271. The van der Waals surface area contributed by atoms with Crippen LogP contribution in [-0.2, 0) is 0 Å². The highest BCUT2D eigenvalue weighted by Crippen LogP contribution is 2.63. The maximum atomic E-state index is 9.54. The van der Waals surface area contributed by atoms with Crippen LogP contribution in [0.5, 0.6) is 0 Å². The number of fused-ring (bicyclic) bond motifs is 2. The molecule has 2 aliphatic heterocycles. The highest BCUT2D eigenvalue weighted by Gasteiger charge is 2.63. The van der Waals surface area contributed by atoms with Crippen LogP contribution in [0, 0.1) is 22.7 Å². The molecular weight excluding hydrogens is 378 g/mol. The quantitative estimate of drug-likeness (QED) is 0.488. The molecule has 6 atom stereocenters. The normalized spacial score (nSPS) is 46.0. The van der Waals surface area contributed by atoms with E-state index in [1.807, 2.05) is 0 Å². The predicted molar refractivity (Wildman–Crippen MR) is 130 cm³/mol. The zero-order valence-electron chi connectivity index (χ0n) is 20.3. The van der Waals surface area contributed by atoms with Crippen molar-refractivity contribution in [2.45, 2.75) is 103 Å². The Labute approximate surface area is 190 Å². The Kier molecular flexibility index (Phi) is 5.03. The van der Waals surface area contributed by atoms with Gasteiger partial charge in [0.15, 0.2) is 0 Å². The topological polar surface area (TPSA) is 32.3 Å². The SMILES string of the molecule is C=C(C)[C@@H]1CC[C@@]2(C)CC([C@@]34C=C[C@]5(CCCO)CC[C@@H](CC3)[C@@]5(C)N4)=CC(C)=C2C1. The summed E-state index contributed by atoms with van der Waals surface area (Å²) in [5.41, 5.74) is 6.93. The van der Waals surface area contributed by atoms with Crippen LogP contribution in [0.15, 0.2) is 47.1 Å². The van der Waals surface area contributed by atoms with Gasteiger partial charge in [0, 0.05) is 17.6 Å². The molecule has 2 N–H and O–H groups in total. The number of piperidine rings is 1. The molecule has 5 rings (SSSR count). The van der Waals surface area contributed by atoms with Crippen molar-refractivity contribution in [2.75, 3.05) is 6.61 Å². The Morgan fingerprint density at radius 2 is 1.94 bits per heavy atom. The fourth-order valence-electron chi connectivity index (χ4n) is 8.47. The number of nitrogens with one attached hydrogen (secondary N) is 1. The lowest BCUT2D eigenvalue weighted by atomic mass is 9.55. The molecule has 0 spiro atoms. The molecule has 2 bridgehead atoms. The molecule has 0 unspecified atom stereocenters. The summed E-state index contributed by atoms with van der Waals surface area (Å²) >= 11 is 0. The summed E-state index contributed by atoms with van der Waals surface area (Å²) in [5.74, 6) is 1.43. The van der Waals surface area contributed by atoms with E-state index in [1.54, 1.807) is 11.1 Å². The summed E-state index contributed by atoms with van der Waals surface area (Å²) in [7, 11) is 0. The first-order valence-electron chi connectivity index (χ1n) is 12.8. The molecule has 2 saturated carbocycles. The molecule has 31 heavy (non-hydrogen) atoms. The summed E-state index contributed by atoms with van der Waals surface area (Å²) in [6.45, 7) is 14.2. The average molecular weight is 422 g/mol. The average Bonchev–Trinajstić information content (AvgIpc) is 3.06. The molecule has 2 nitrogen and oxygen atoms in total.